The molecule has 1 aromatic heterocycles. The van der Waals surface area contributed by atoms with Gasteiger partial charge in [0, 0.05) is 43.3 Å². The SMILES string of the molecule is C=CC(F)(F)Cn1c(C#CCNc2ccc(S(N)(=O)=O)cc2OC)cc2c(NCC3CCC(CN4C[C@H](O)[C@@H](O)C4)CC3)cccc21. The number of primary sulfonamides is 1. The molecule has 1 saturated carbocycles. The van der Waals surface area contributed by atoms with Crippen LogP contribution in [0.2, 0.25) is 0 Å². The highest BCUT2D eigenvalue weighted by atomic mass is 32.2. The number of halogens is 2. The highest BCUT2D eigenvalue weighted by molar-refractivity contribution is 7.89. The molecule has 0 unspecified atom stereocenters. The van der Waals surface area contributed by atoms with Crippen molar-refractivity contribution in [3.05, 3.63) is 60.8 Å². The molecule has 5 rings (SSSR count). The lowest BCUT2D eigenvalue weighted by molar-refractivity contribution is 0.0375. The second kappa shape index (κ2) is 14.6. The third-order valence-electron chi connectivity index (χ3n) is 9.10. The number of nitrogens with two attached hydrogens (primary N) is 1. The lowest BCUT2D eigenvalue weighted by Crippen LogP contribution is -2.31. The molecule has 2 atom stereocenters. The van der Waals surface area contributed by atoms with Crippen LogP contribution in [0.5, 0.6) is 5.75 Å². The maximum Gasteiger partial charge on any atom is 0.283 e. The van der Waals surface area contributed by atoms with Crippen LogP contribution in [-0.2, 0) is 16.6 Å². The molecule has 13 heteroatoms. The number of fused-ring (bicyclic) bond motifs is 1. The molecule has 0 bridgehead atoms. The van der Waals surface area contributed by atoms with Crippen molar-refractivity contribution in [3.63, 3.8) is 0 Å². The first-order valence-electron chi connectivity index (χ1n) is 15.8. The molecular formula is C34H43F2N5O5S. The van der Waals surface area contributed by atoms with Crippen LogP contribution >= 0.6 is 0 Å². The zero-order chi connectivity index (χ0) is 33.8. The monoisotopic (exact) mass is 671 g/mol. The summed E-state index contributed by atoms with van der Waals surface area (Å²) in [6.07, 6.45) is 3.63. The Morgan fingerprint density at radius 1 is 1.06 bits per heavy atom. The number of alkyl halides is 2. The zero-order valence-corrected chi connectivity index (χ0v) is 27.3. The standard InChI is InChI=1S/C34H43F2N5O5S/c1-3-34(35,36)22-41-25(6-5-15-38-29-14-13-26(47(37,44)45)17-33(29)46-2)16-27-28(7-4-8-30(27)41)39-18-23-9-11-24(12-10-23)19-40-20-31(42)32(43)21-40/h3-4,7-8,13-14,16-17,23-24,31-32,38-39,42-43H,1,9-12,15,18-22H2,2H3,(H2,37,44,45)/t23?,24?,31-,32-/m0/s1. The second-order valence-electron chi connectivity index (χ2n) is 12.5. The summed E-state index contributed by atoms with van der Waals surface area (Å²) in [5.41, 5.74) is 2.41. The van der Waals surface area contributed by atoms with Gasteiger partial charge in [-0.3, -0.25) is 4.90 Å². The number of methoxy groups -OCH3 is 1. The van der Waals surface area contributed by atoms with Crippen LogP contribution in [0.15, 0.2) is 60.0 Å². The fraction of sp³-hybridized carbons (Fsp3) is 0.471. The van der Waals surface area contributed by atoms with E-state index in [4.69, 9.17) is 9.88 Å². The van der Waals surface area contributed by atoms with Crippen molar-refractivity contribution in [2.45, 2.75) is 55.3 Å². The van der Waals surface area contributed by atoms with Crippen molar-refractivity contribution < 1.29 is 32.1 Å². The minimum absolute atomic E-state index is 0.0867. The average molecular weight is 672 g/mol. The third-order valence-corrected chi connectivity index (χ3v) is 10.0. The Bertz CT molecular complexity index is 1730. The molecule has 0 radical (unpaired) electrons. The molecule has 1 aliphatic heterocycles. The lowest BCUT2D eigenvalue weighted by Gasteiger charge is -2.31. The van der Waals surface area contributed by atoms with E-state index in [9.17, 15) is 27.4 Å². The van der Waals surface area contributed by atoms with Gasteiger partial charge < -0.3 is 30.2 Å². The molecule has 1 saturated heterocycles. The van der Waals surface area contributed by atoms with E-state index < -0.39 is 34.7 Å². The number of nitrogens with zero attached hydrogens (tertiary/aromatic N) is 2. The number of hydrogen-bond acceptors (Lipinski definition) is 8. The lowest BCUT2D eigenvalue weighted by atomic mass is 9.81. The molecule has 1 aliphatic carbocycles. The maximum atomic E-state index is 14.6. The number of ether oxygens (including phenoxy) is 1. The van der Waals surface area contributed by atoms with Gasteiger partial charge in [0.1, 0.15) is 5.75 Å². The summed E-state index contributed by atoms with van der Waals surface area (Å²) < 4.78 is 59.4. The van der Waals surface area contributed by atoms with E-state index in [-0.39, 0.29) is 17.2 Å². The van der Waals surface area contributed by atoms with Crippen LogP contribution in [0.25, 0.3) is 10.9 Å². The Kier molecular flexibility index (Phi) is 10.8. The van der Waals surface area contributed by atoms with Crippen molar-refractivity contribution in [1.82, 2.24) is 9.47 Å². The molecule has 2 fully saturated rings. The summed E-state index contributed by atoms with van der Waals surface area (Å²) in [5.74, 6) is 4.16. The van der Waals surface area contributed by atoms with Crippen molar-refractivity contribution in [2.24, 2.45) is 17.0 Å². The Morgan fingerprint density at radius 2 is 1.77 bits per heavy atom. The summed E-state index contributed by atoms with van der Waals surface area (Å²) in [7, 11) is -2.49. The van der Waals surface area contributed by atoms with E-state index in [1.54, 1.807) is 6.07 Å². The van der Waals surface area contributed by atoms with Gasteiger partial charge in [-0.1, -0.05) is 18.6 Å². The highest BCUT2D eigenvalue weighted by Crippen LogP contribution is 2.33. The van der Waals surface area contributed by atoms with Crippen LogP contribution in [0.4, 0.5) is 20.2 Å². The normalized spacial score (nSPS) is 22.1. The predicted molar refractivity (Wildman–Crippen MR) is 179 cm³/mol. The Morgan fingerprint density at radius 3 is 2.43 bits per heavy atom. The van der Waals surface area contributed by atoms with Crippen molar-refractivity contribution >= 4 is 32.3 Å². The Labute approximate surface area is 274 Å². The van der Waals surface area contributed by atoms with Gasteiger partial charge in [-0.2, -0.15) is 0 Å². The zero-order valence-electron chi connectivity index (χ0n) is 26.5. The van der Waals surface area contributed by atoms with Crippen LogP contribution in [0.3, 0.4) is 0 Å². The minimum atomic E-state index is -3.90. The highest BCUT2D eigenvalue weighted by Gasteiger charge is 2.32. The molecule has 10 nitrogen and oxygen atoms in total. The van der Waals surface area contributed by atoms with E-state index in [2.05, 4.69) is 34.0 Å². The van der Waals surface area contributed by atoms with Crippen LogP contribution in [0, 0.1) is 23.7 Å². The summed E-state index contributed by atoms with van der Waals surface area (Å²) in [4.78, 5) is 2.07. The van der Waals surface area contributed by atoms with E-state index in [0.717, 1.165) is 49.8 Å². The van der Waals surface area contributed by atoms with Gasteiger partial charge in [-0.25, -0.2) is 22.3 Å². The summed E-state index contributed by atoms with van der Waals surface area (Å²) >= 11 is 0. The van der Waals surface area contributed by atoms with Gasteiger partial charge >= 0.3 is 0 Å². The molecule has 2 heterocycles. The number of hydrogen-bond donors (Lipinski definition) is 5. The van der Waals surface area contributed by atoms with Crippen molar-refractivity contribution in [3.8, 4) is 17.6 Å². The summed E-state index contributed by atoms with van der Waals surface area (Å²) in [6.45, 7) is 5.54. The number of likely N-dealkylation sites (tertiary alicyclic amines) is 1. The van der Waals surface area contributed by atoms with Crippen LogP contribution in [-0.4, -0.2) is 86.1 Å². The number of nitrogens with one attached hydrogen (secondary N) is 2. The van der Waals surface area contributed by atoms with E-state index in [0.29, 0.717) is 47.9 Å². The maximum absolute atomic E-state index is 14.6. The number of aliphatic hydroxyl groups excluding tert-OH is 2. The first-order chi connectivity index (χ1) is 22.4. The molecule has 3 aromatic rings. The minimum Gasteiger partial charge on any atom is -0.495 e. The number of benzene rings is 2. The number of rotatable bonds is 12. The van der Waals surface area contributed by atoms with Crippen LogP contribution in [0.1, 0.15) is 31.4 Å². The number of anilines is 2. The molecule has 6 N–H and O–H groups in total. The van der Waals surface area contributed by atoms with E-state index in [1.807, 2.05) is 18.2 Å². The van der Waals surface area contributed by atoms with E-state index in [1.165, 1.54) is 29.9 Å². The quantitative estimate of drug-likeness (QED) is 0.145. The van der Waals surface area contributed by atoms with Gasteiger partial charge in [0.25, 0.3) is 5.92 Å². The fourth-order valence-corrected chi connectivity index (χ4v) is 7.02. The van der Waals surface area contributed by atoms with Crippen LogP contribution < -0.4 is 20.5 Å². The molecule has 254 valence electrons. The number of β-amino-alcohol motifs (C(OH)–C–C–N with tert-alkyl or cyclic N) is 2. The summed E-state index contributed by atoms with van der Waals surface area (Å²) in [6, 6.07) is 11.6. The van der Waals surface area contributed by atoms with Gasteiger partial charge in [0.2, 0.25) is 10.0 Å². The average Bonchev–Trinajstić information content (AvgIpc) is 3.55. The largest absolute Gasteiger partial charge is 0.495 e. The topological polar surface area (TPSA) is 142 Å². The fourth-order valence-electron chi connectivity index (χ4n) is 6.49. The smallest absolute Gasteiger partial charge is 0.283 e. The Balaban J connectivity index is 1.27. The number of allylic oxidation sites excluding steroid dienone is 1. The Hall–Kier alpha value is -3.67. The van der Waals surface area contributed by atoms with Gasteiger partial charge in [-0.05, 0) is 79.8 Å². The van der Waals surface area contributed by atoms with Gasteiger partial charge in [0.15, 0.2) is 0 Å². The summed E-state index contributed by atoms with van der Waals surface area (Å²) in [5, 5.41) is 32.3. The van der Waals surface area contributed by atoms with Crippen molar-refractivity contribution in [1.29, 1.82) is 0 Å². The molecule has 0 spiro atoms. The molecule has 2 aliphatic rings. The van der Waals surface area contributed by atoms with Gasteiger partial charge in [-0.15, -0.1) is 0 Å². The molecule has 0 amide bonds. The third kappa shape index (κ3) is 8.63. The predicted octanol–water partition coefficient (Wildman–Crippen LogP) is 3.84. The number of sulfonamides is 1. The second-order valence-corrected chi connectivity index (χ2v) is 14.1. The van der Waals surface area contributed by atoms with Gasteiger partial charge in [0.05, 0.1) is 54.2 Å². The van der Waals surface area contributed by atoms with Crippen molar-refractivity contribution in [2.75, 3.05) is 50.5 Å². The molecule has 47 heavy (non-hydrogen) atoms. The molecular weight excluding hydrogens is 628 g/mol. The van der Waals surface area contributed by atoms with E-state index >= 15 is 0 Å². The molecule has 2 aromatic carbocycles. The number of aromatic nitrogens is 1. The first kappa shape index (κ1) is 34.7. The number of aliphatic hydroxyl groups is 2. The first-order valence-corrected chi connectivity index (χ1v) is 17.3.